The highest BCUT2D eigenvalue weighted by molar-refractivity contribution is 5.77. The molecule has 2 saturated heterocycles. The Hall–Kier alpha value is -0.610. The molecule has 2 heterocycles. The van der Waals surface area contributed by atoms with Crippen LogP contribution in [0.2, 0.25) is 0 Å². The number of ether oxygens (including phenoxy) is 2. The predicted octanol–water partition coefficient (Wildman–Crippen LogP) is -0.462. The summed E-state index contributed by atoms with van der Waals surface area (Å²) in [6.45, 7) is 2.06. The van der Waals surface area contributed by atoms with Gasteiger partial charge in [-0.15, -0.1) is 0 Å². The van der Waals surface area contributed by atoms with Crippen molar-refractivity contribution in [1.82, 2.24) is 5.32 Å². The molecule has 0 aromatic heterocycles. The number of carbonyl (C=O) groups is 1. The standard InChI is InChI=1S/C8H13NO3/c1-11-7(10)8-2-6(12-5-8)3-9-4-8/h6,9H,2-5H2,1H3. The van der Waals surface area contributed by atoms with Gasteiger partial charge in [0.05, 0.1) is 19.8 Å². The van der Waals surface area contributed by atoms with E-state index in [-0.39, 0.29) is 12.1 Å². The molecule has 2 atom stereocenters. The Kier molecular flexibility index (Phi) is 1.81. The maximum atomic E-state index is 11.4. The van der Waals surface area contributed by atoms with E-state index in [0.717, 1.165) is 13.0 Å². The third kappa shape index (κ3) is 1.03. The van der Waals surface area contributed by atoms with Crippen molar-refractivity contribution in [3.8, 4) is 0 Å². The first kappa shape index (κ1) is 8.01. The lowest BCUT2D eigenvalue weighted by Crippen LogP contribution is -2.47. The fraction of sp³-hybridized carbons (Fsp3) is 0.875. The fourth-order valence-electron chi connectivity index (χ4n) is 1.99. The summed E-state index contributed by atoms with van der Waals surface area (Å²) < 4.78 is 10.2. The molecule has 0 amide bonds. The van der Waals surface area contributed by atoms with E-state index >= 15 is 0 Å². The lowest BCUT2D eigenvalue weighted by Gasteiger charge is -2.28. The minimum absolute atomic E-state index is 0.141. The Morgan fingerprint density at radius 1 is 1.75 bits per heavy atom. The van der Waals surface area contributed by atoms with E-state index in [1.807, 2.05) is 0 Å². The summed E-state index contributed by atoms with van der Waals surface area (Å²) in [5, 5.41) is 3.18. The first-order chi connectivity index (χ1) is 5.77. The van der Waals surface area contributed by atoms with Gasteiger partial charge in [0.1, 0.15) is 5.41 Å². The topological polar surface area (TPSA) is 47.6 Å². The highest BCUT2D eigenvalue weighted by Gasteiger charge is 2.49. The van der Waals surface area contributed by atoms with Crippen LogP contribution in [0.5, 0.6) is 0 Å². The quantitative estimate of drug-likeness (QED) is 0.542. The van der Waals surface area contributed by atoms with Crippen molar-refractivity contribution in [3.63, 3.8) is 0 Å². The van der Waals surface area contributed by atoms with E-state index in [2.05, 4.69) is 5.32 Å². The summed E-state index contributed by atoms with van der Waals surface area (Å²) in [5.74, 6) is -0.141. The molecule has 2 rings (SSSR count). The van der Waals surface area contributed by atoms with Crippen LogP contribution in [0.4, 0.5) is 0 Å². The molecule has 0 saturated carbocycles. The zero-order valence-electron chi connectivity index (χ0n) is 7.13. The van der Waals surface area contributed by atoms with E-state index < -0.39 is 5.41 Å². The van der Waals surface area contributed by atoms with Gasteiger partial charge in [0.15, 0.2) is 0 Å². The van der Waals surface area contributed by atoms with Gasteiger partial charge >= 0.3 is 5.97 Å². The Morgan fingerprint density at radius 2 is 2.58 bits per heavy atom. The van der Waals surface area contributed by atoms with Gasteiger partial charge in [-0.1, -0.05) is 0 Å². The molecule has 0 spiro atoms. The summed E-state index contributed by atoms with van der Waals surface area (Å²) in [6.07, 6.45) is 1.02. The number of hydrogen-bond donors (Lipinski definition) is 1. The summed E-state index contributed by atoms with van der Waals surface area (Å²) in [5.41, 5.74) is -0.391. The van der Waals surface area contributed by atoms with Crippen LogP contribution in [0, 0.1) is 5.41 Å². The van der Waals surface area contributed by atoms with Gasteiger partial charge in [0.25, 0.3) is 0 Å². The van der Waals surface area contributed by atoms with Gasteiger partial charge in [-0.25, -0.2) is 0 Å². The van der Waals surface area contributed by atoms with E-state index in [0.29, 0.717) is 13.2 Å². The molecule has 1 N–H and O–H groups in total. The zero-order chi connectivity index (χ0) is 8.60. The van der Waals surface area contributed by atoms with E-state index in [4.69, 9.17) is 9.47 Å². The first-order valence-corrected chi connectivity index (χ1v) is 4.18. The average molecular weight is 171 g/mol. The molecule has 4 heteroatoms. The summed E-state index contributed by atoms with van der Waals surface area (Å²) in [4.78, 5) is 11.4. The molecule has 2 aliphatic heterocycles. The SMILES string of the molecule is COC(=O)C12CNCC(C1)OC2. The minimum atomic E-state index is -0.391. The van der Waals surface area contributed by atoms with Crippen LogP contribution in [0.3, 0.4) is 0 Å². The van der Waals surface area contributed by atoms with Crippen molar-refractivity contribution in [2.75, 3.05) is 26.8 Å². The smallest absolute Gasteiger partial charge is 0.315 e. The Bertz CT molecular complexity index is 202. The number of esters is 1. The molecule has 0 aromatic rings. The zero-order valence-corrected chi connectivity index (χ0v) is 7.13. The molecule has 68 valence electrons. The van der Waals surface area contributed by atoms with Gasteiger partial charge < -0.3 is 14.8 Å². The van der Waals surface area contributed by atoms with Crippen LogP contribution in [0.15, 0.2) is 0 Å². The Balaban J connectivity index is 2.15. The van der Waals surface area contributed by atoms with Gasteiger partial charge in [0.2, 0.25) is 0 Å². The molecule has 2 fully saturated rings. The lowest BCUT2D eigenvalue weighted by molar-refractivity contribution is -0.152. The third-order valence-electron chi connectivity index (χ3n) is 2.67. The Morgan fingerprint density at radius 3 is 3.33 bits per heavy atom. The lowest BCUT2D eigenvalue weighted by atomic mass is 9.83. The maximum Gasteiger partial charge on any atom is 0.315 e. The second-order valence-electron chi connectivity index (χ2n) is 3.54. The van der Waals surface area contributed by atoms with Crippen molar-refractivity contribution in [2.24, 2.45) is 5.41 Å². The number of rotatable bonds is 1. The van der Waals surface area contributed by atoms with Crippen LogP contribution in [-0.2, 0) is 14.3 Å². The summed E-state index contributed by atoms with van der Waals surface area (Å²) in [6, 6.07) is 0. The van der Waals surface area contributed by atoms with Crippen molar-refractivity contribution in [3.05, 3.63) is 0 Å². The van der Waals surface area contributed by atoms with Gasteiger partial charge in [-0.05, 0) is 6.42 Å². The first-order valence-electron chi connectivity index (χ1n) is 4.18. The van der Waals surface area contributed by atoms with E-state index in [1.165, 1.54) is 7.11 Å². The monoisotopic (exact) mass is 171 g/mol. The second kappa shape index (κ2) is 2.71. The van der Waals surface area contributed by atoms with E-state index in [1.54, 1.807) is 0 Å². The van der Waals surface area contributed by atoms with Gasteiger partial charge in [-0.2, -0.15) is 0 Å². The molecule has 0 aliphatic carbocycles. The highest BCUT2D eigenvalue weighted by Crippen LogP contribution is 2.35. The number of methoxy groups -OCH3 is 1. The molecular weight excluding hydrogens is 158 g/mol. The molecule has 2 aliphatic rings. The van der Waals surface area contributed by atoms with Crippen molar-refractivity contribution < 1.29 is 14.3 Å². The van der Waals surface area contributed by atoms with Crippen LogP contribution in [0.1, 0.15) is 6.42 Å². The molecule has 12 heavy (non-hydrogen) atoms. The van der Waals surface area contributed by atoms with Crippen LogP contribution in [-0.4, -0.2) is 38.9 Å². The van der Waals surface area contributed by atoms with Crippen molar-refractivity contribution in [2.45, 2.75) is 12.5 Å². The molecule has 2 bridgehead atoms. The fourth-order valence-corrected chi connectivity index (χ4v) is 1.99. The second-order valence-corrected chi connectivity index (χ2v) is 3.54. The number of hydrogen-bond acceptors (Lipinski definition) is 4. The normalized spacial score (nSPS) is 39.6. The number of nitrogens with one attached hydrogen (secondary N) is 1. The van der Waals surface area contributed by atoms with Crippen molar-refractivity contribution in [1.29, 1.82) is 0 Å². The van der Waals surface area contributed by atoms with Crippen LogP contribution in [0.25, 0.3) is 0 Å². The van der Waals surface area contributed by atoms with E-state index in [9.17, 15) is 4.79 Å². The molecule has 2 unspecified atom stereocenters. The van der Waals surface area contributed by atoms with Gasteiger partial charge in [0, 0.05) is 13.1 Å². The summed E-state index contributed by atoms with van der Waals surface area (Å²) in [7, 11) is 1.43. The van der Waals surface area contributed by atoms with Gasteiger partial charge in [-0.3, -0.25) is 4.79 Å². The maximum absolute atomic E-state index is 11.4. The highest BCUT2D eigenvalue weighted by atomic mass is 16.5. The molecule has 4 nitrogen and oxygen atoms in total. The predicted molar refractivity (Wildman–Crippen MR) is 41.7 cm³/mol. The van der Waals surface area contributed by atoms with Crippen LogP contribution < -0.4 is 5.32 Å². The van der Waals surface area contributed by atoms with Crippen LogP contribution >= 0.6 is 0 Å². The Labute approximate surface area is 71.2 Å². The number of fused-ring (bicyclic) bond motifs is 2. The minimum Gasteiger partial charge on any atom is -0.468 e. The molecule has 0 aromatic carbocycles. The summed E-state index contributed by atoms with van der Waals surface area (Å²) >= 11 is 0. The van der Waals surface area contributed by atoms with Crippen molar-refractivity contribution >= 4 is 5.97 Å². The number of carbonyl (C=O) groups excluding carboxylic acids is 1. The molecule has 0 radical (unpaired) electrons. The average Bonchev–Trinajstić information content (AvgIpc) is 2.42. The number of piperidine rings is 1. The third-order valence-corrected chi connectivity index (χ3v) is 2.67. The largest absolute Gasteiger partial charge is 0.468 e. The molecular formula is C8H13NO3.